The van der Waals surface area contributed by atoms with Gasteiger partial charge in [-0.2, -0.15) is 0 Å². The zero-order chi connectivity index (χ0) is 10.9. The first-order valence-corrected chi connectivity index (χ1v) is 6.52. The number of hydrogen-bond donors (Lipinski definition) is 3. The molecule has 0 aliphatic heterocycles. The summed E-state index contributed by atoms with van der Waals surface area (Å²) in [5, 5.41) is 2.07. The second-order valence-corrected chi connectivity index (χ2v) is 5.92. The SMILES string of the molecule is Cc1cc(C)c(C(=O)NP(N)(N)=O)s1. The average molecular weight is 233 g/mol. The number of amides is 1. The smallest absolute Gasteiger partial charge is 0.279 e. The van der Waals surface area contributed by atoms with Gasteiger partial charge in [-0.1, -0.05) is 0 Å². The second-order valence-electron chi connectivity index (χ2n) is 3.02. The zero-order valence-corrected chi connectivity index (χ0v) is 9.61. The molecular formula is C7H12N3O2PS. The predicted molar refractivity (Wildman–Crippen MR) is 57.2 cm³/mol. The number of hydrogen-bond acceptors (Lipinski definition) is 3. The van der Waals surface area contributed by atoms with Gasteiger partial charge in [-0.3, -0.25) is 25.5 Å². The molecule has 1 rings (SSSR count). The molecular weight excluding hydrogens is 221 g/mol. The van der Waals surface area contributed by atoms with Crippen LogP contribution in [0.2, 0.25) is 0 Å². The van der Waals surface area contributed by atoms with E-state index in [9.17, 15) is 9.36 Å². The fourth-order valence-electron chi connectivity index (χ4n) is 1.08. The maximum absolute atomic E-state index is 11.5. The van der Waals surface area contributed by atoms with Crippen molar-refractivity contribution in [1.82, 2.24) is 5.09 Å². The molecule has 0 atom stereocenters. The molecule has 5 N–H and O–H groups in total. The topological polar surface area (TPSA) is 98.2 Å². The van der Waals surface area contributed by atoms with E-state index in [1.165, 1.54) is 11.3 Å². The lowest BCUT2D eigenvalue weighted by Crippen LogP contribution is -2.28. The van der Waals surface area contributed by atoms with Crippen LogP contribution in [0.15, 0.2) is 6.07 Å². The molecule has 1 heterocycles. The Morgan fingerprint density at radius 1 is 1.50 bits per heavy atom. The molecule has 14 heavy (non-hydrogen) atoms. The van der Waals surface area contributed by atoms with E-state index >= 15 is 0 Å². The molecule has 1 aromatic heterocycles. The number of carbonyl (C=O) groups excluding carboxylic acids is 1. The molecule has 1 amide bonds. The maximum atomic E-state index is 11.5. The van der Waals surface area contributed by atoms with Crippen molar-refractivity contribution in [1.29, 1.82) is 0 Å². The highest BCUT2D eigenvalue weighted by atomic mass is 32.1. The Balaban J connectivity index is 2.90. The Morgan fingerprint density at radius 2 is 2.07 bits per heavy atom. The van der Waals surface area contributed by atoms with Gasteiger partial charge < -0.3 is 0 Å². The van der Waals surface area contributed by atoms with Gasteiger partial charge >= 0.3 is 7.59 Å². The maximum Gasteiger partial charge on any atom is 0.300 e. The van der Waals surface area contributed by atoms with Crippen LogP contribution in [0, 0.1) is 13.8 Å². The highest BCUT2D eigenvalue weighted by Crippen LogP contribution is 2.24. The van der Waals surface area contributed by atoms with E-state index in [4.69, 9.17) is 11.0 Å². The van der Waals surface area contributed by atoms with E-state index in [0.29, 0.717) is 4.88 Å². The fourth-order valence-corrected chi connectivity index (χ4v) is 2.50. The highest BCUT2D eigenvalue weighted by molar-refractivity contribution is 7.57. The summed E-state index contributed by atoms with van der Waals surface area (Å²) in [6.07, 6.45) is 0. The quantitative estimate of drug-likeness (QED) is 0.666. The standard InChI is InChI=1S/C7H12N3O2PS/c1-4-3-5(2)14-6(4)7(11)10-13(8,9)12/h3H,1-2H3,(H5,8,9,10,11,12). The van der Waals surface area contributed by atoms with Gasteiger partial charge in [0.05, 0.1) is 4.88 Å². The molecule has 0 aliphatic carbocycles. The zero-order valence-electron chi connectivity index (χ0n) is 7.90. The first kappa shape index (κ1) is 11.4. The first-order chi connectivity index (χ1) is 6.29. The van der Waals surface area contributed by atoms with Gasteiger partial charge in [0.2, 0.25) is 0 Å². The number of nitrogens with two attached hydrogens (primary N) is 2. The molecule has 0 spiro atoms. The van der Waals surface area contributed by atoms with Gasteiger partial charge in [0, 0.05) is 4.88 Å². The van der Waals surface area contributed by atoms with Crippen molar-refractivity contribution in [3.05, 3.63) is 21.4 Å². The Morgan fingerprint density at radius 3 is 2.43 bits per heavy atom. The van der Waals surface area contributed by atoms with Gasteiger partial charge in [0.25, 0.3) is 5.91 Å². The van der Waals surface area contributed by atoms with Crippen LogP contribution in [0.1, 0.15) is 20.1 Å². The van der Waals surface area contributed by atoms with E-state index in [-0.39, 0.29) is 0 Å². The number of aryl methyl sites for hydroxylation is 2. The molecule has 1 aromatic rings. The lowest BCUT2D eigenvalue weighted by molar-refractivity contribution is 0.0984. The second kappa shape index (κ2) is 3.82. The molecule has 0 aliphatic rings. The van der Waals surface area contributed by atoms with Gasteiger partial charge in [-0.25, -0.2) is 0 Å². The van der Waals surface area contributed by atoms with Crippen molar-refractivity contribution >= 4 is 24.8 Å². The Kier molecular flexibility index (Phi) is 3.11. The van der Waals surface area contributed by atoms with E-state index in [1.807, 2.05) is 13.0 Å². The van der Waals surface area contributed by atoms with Crippen LogP contribution in [0.4, 0.5) is 0 Å². The van der Waals surface area contributed by atoms with Crippen LogP contribution in [-0.4, -0.2) is 5.91 Å². The van der Waals surface area contributed by atoms with E-state index in [1.54, 1.807) is 6.92 Å². The third kappa shape index (κ3) is 2.92. The van der Waals surface area contributed by atoms with Crippen LogP contribution >= 0.6 is 18.9 Å². The summed E-state index contributed by atoms with van der Waals surface area (Å²) in [6.45, 7) is 3.69. The number of rotatable bonds is 2. The van der Waals surface area contributed by atoms with E-state index < -0.39 is 13.5 Å². The third-order valence-corrected chi connectivity index (χ3v) is 3.23. The monoisotopic (exact) mass is 233 g/mol. The molecule has 0 saturated heterocycles. The van der Waals surface area contributed by atoms with Crippen molar-refractivity contribution in [2.45, 2.75) is 13.8 Å². The van der Waals surface area contributed by atoms with Gasteiger partial charge in [-0.05, 0) is 25.5 Å². The summed E-state index contributed by atoms with van der Waals surface area (Å²) in [6, 6.07) is 1.87. The van der Waals surface area contributed by atoms with Crippen LogP contribution in [-0.2, 0) is 4.57 Å². The predicted octanol–water partition coefficient (Wildman–Crippen LogP) is 1.12. The number of thiophene rings is 1. The van der Waals surface area contributed by atoms with Crippen molar-refractivity contribution in [3.8, 4) is 0 Å². The van der Waals surface area contributed by atoms with E-state index in [0.717, 1.165) is 10.4 Å². The summed E-state index contributed by atoms with van der Waals surface area (Å²) in [5.74, 6) is -0.478. The largest absolute Gasteiger partial charge is 0.300 e. The fraction of sp³-hybridized carbons (Fsp3) is 0.286. The van der Waals surface area contributed by atoms with E-state index in [2.05, 4.69) is 5.09 Å². The van der Waals surface area contributed by atoms with Crippen molar-refractivity contribution in [2.75, 3.05) is 0 Å². The molecule has 7 heteroatoms. The first-order valence-electron chi connectivity index (χ1n) is 3.86. The highest BCUT2D eigenvalue weighted by Gasteiger charge is 2.18. The summed E-state index contributed by atoms with van der Waals surface area (Å²) in [5.41, 5.74) is 10.9. The lowest BCUT2D eigenvalue weighted by Gasteiger charge is -2.07. The molecule has 0 fully saturated rings. The van der Waals surface area contributed by atoms with Crippen LogP contribution in [0.5, 0.6) is 0 Å². The van der Waals surface area contributed by atoms with Gasteiger partial charge in [0.1, 0.15) is 0 Å². The van der Waals surface area contributed by atoms with Crippen molar-refractivity contribution in [3.63, 3.8) is 0 Å². The number of nitrogens with one attached hydrogen (secondary N) is 1. The minimum absolute atomic E-state index is 0.478. The molecule has 0 saturated carbocycles. The van der Waals surface area contributed by atoms with Gasteiger partial charge in [0.15, 0.2) is 0 Å². The molecule has 78 valence electrons. The number of carbonyl (C=O) groups is 1. The Labute approximate surface area is 86.0 Å². The molecule has 0 bridgehead atoms. The summed E-state index contributed by atoms with van der Waals surface area (Å²) >= 11 is 1.32. The van der Waals surface area contributed by atoms with Crippen LogP contribution in [0.3, 0.4) is 0 Å². The average Bonchev–Trinajstić information content (AvgIpc) is 2.26. The normalized spacial score (nSPS) is 11.4. The molecule has 5 nitrogen and oxygen atoms in total. The summed E-state index contributed by atoms with van der Waals surface area (Å²) in [4.78, 5) is 13.0. The molecule has 0 unspecified atom stereocenters. The lowest BCUT2D eigenvalue weighted by atomic mass is 10.3. The van der Waals surface area contributed by atoms with Crippen molar-refractivity contribution < 1.29 is 9.36 Å². The van der Waals surface area contributed by atoms with Crippen LogP contribution < -0.4 is 16.1 Å². The Hall–Kier alpha value is -0.680. The molecule has 0 aromatic carbocycles. The van der Waals surface area contributed by atoms with Crippen LogP contribution in [0.25, 0.3) is 0 Å². The Bertz CT molecular complexity index is 409. The minimum Gasteiger partial charge on any atom is -0.279 e. The third-order valence-electron chi connectivity index (χ3n) is 1.52. The molecule has 0 radical (unpaired) electrons. The minimum atomic E-state index is -3.49. The van der Waals surface area contributed by atoms with Crippen molar-refractivity contribution in [2.24, 2.45) is 11.0 Å². The summed E-state index contributed by atoms with van der Waals surface area (Å²) < 4.78 is 10.9. The summed E-state index contributed by atoms with van der Waals surface area (Å²) in [7, 11) is -3.49. The van der Waals surface area contributed by atoms with Gasteiger partial charge in [-0.15, -0.1) is 11.3 Å².